The minimum atomic E-state index is -3.79. The SMILES string of the molecule is O=[N+]([O-])c1ccc([N-]S(=O)(=O)c2ccccc2)cc1.[K+]. The molecule has 0 unspecified atom stereocenters. The predicted octanol–water partition coefficient (Wildman–Crippen LogP) is -0.00710. The van der Waals surface area contributed by atoms with Crippen molar-refractivity contribution >= 4 is 21.4 Å². The molecule has 0 atom stereocenters. The number of nitro groups is 1. The predicted molar refractivity (Wildman–Crippen MR) is 69.7 cm³/mol. The van der Waals surface area contributed by atoms with Crippen LogP contribution in [-0.2, 0) is 10.0 Å². The van der Waals surface area contributed by atoms with Crippen LogP contribution in [0.3, 0.4) is 0 Å². The van der Waals surface area contributed by atoms with E-state index in [9.17, 15) is 18.5 Å². The van der Waals surface area contributed by atoms with Crippen LogP contribution in [0.4, 0.5) is 11.4 Å². The molecule has 8 heteroatoms. The standard InChI is InChI=1S/C12H9N2O4S.K/c15-14(16)11-8-6-10(7-9-11)13-19(17,18)12-4-2-1-3-5-12;/h1-9H;/q-1;+1. The molecule has 0 heterocycles. The fourth-order valence-electron chi connectivity index (χ4n) is 1.42. The summed E-state index contributed by atoms with van der Waals surface area (Å²) in [5, 5.41) is 10.5. The monoisotopic (exact) mass is 316 g/mol. The first kappa shape index (κ1) is 17.3. The molecule has 20 heavy (non-hydrogen) atoms. The summed E-state index contributed by atoms with van der Waals surface area (Å²) in [7, 11) is -3.79. The first-order chi connectivity index (χ1) is 8.99. The Morgan fingerprint density at radius 3 is 2.00 bits per heavy atom. The van der Waals surface area contributed by atoms with Crippen LogP contribution in [-0.4, -0.2) is 13.3 Å². The molecule has 6 nitrogen and oxygen atoms in total. The van der Waals surface area contributed by atoms with E-state index in [1.165, 1.54) is 36.4 Å². The summed E-state index contributed by atoms with van der Waals surface area (Å²) in [5.74, 6) is 0. The Kier molecular flexibility index (Phi) is 6.30. The van der Waals surface area contributed by atoms with Crippen molar-refractivity contribution in [3.8, 4) is 0 Å². The molecule has 0 aliphatic heterocycles. The Morgan fingerprint density at radius 1 is 0.950 bits per heavy atom. The number of sulfonamides is 1. The number of hydrogen-bond acceptors (Lipinski definition) is 4. The van der Waals surface area contributed by atoms with Crippen LogP contribution in [0.2, 0.25) is 0 Å². The van der Waals surface area contributed by atoms with E-state index in [2.05, 4.69) is 4.72 Å². The second kappa shape index (κ2) is 7.30. The molecule has 2 aromatic carbocycles. The van der Waals surface area contributed by atoms with Gasteiger partial charge in [0.15, 0.2) is 0 Å². The maximum absolute atomic E-state index is 11.9. The second-order valence-corrected chi connectivity index (χ2v) is 5.26. The molecule has 98 valence electrons. The van der Waals surface area contributed by atoms with Gasteiger partial charge in [0, 0.05) is 12.1 Å². The van der Waals surface area contributed by atoms with Crippen molar-refractivity contribution in [1.82, 2.24) is 0 Å². The van der Waals surface area contributed by atoms with Crippen molar-refractivity contribution in [3.05, 3.63) is 69.4 Å². The maximum atomic E-state index is 11.9. The second-order valence-electron chi connectivity index (χ2n) is 3.65. The van der Waals surface area contributed by atoms with Gasteiger partial charge in [0.05, 0.1) is 9.82 Å². The average Bonchev–Trinajstić information content (AvgIpc) is 2.40. The fraction of sp³-hybridized carbons (Fsp3) is 0. The zero-order valence-corrected chi connectivity index (χ0v) is 14.6. The van der Waals surface area contributed by atoms with Crippen molar-refractivity contribution in [2.75, 3.05) is 0 Å². The van der Waals surface area contributed by atoms with Gasteiger partial charge in [0.2, 0.25) is 0 Å². The van der Waals surface area contributed by atoms with Crippen LogP contribution < -0.4 is 51.4 Å². The van der Waals surface area contributed by atoms with Gasteiger partial charge < -0.3 is 4.72 Å². The molecule has 0 amide bonds. The molecular weight excluding hydrogens is 307 g/mol. The van der Waals surface area contributed by atoms with Crippen LogP contribution in [0.15, 0.2) is 59.5 Å². The Balaban J connectivity index is 0.00000200. The molecule has 0 saturated carbocycles. The summed E-state index contributed by atoms with van der Waals surface area (Å²) in [5.41, 5.74) is 0.0329. The van der Waals surface area contributed by atoms with E-state index in [1.807, 2.05) is 0 Å². The molecule has 0 fully saturated rings. The smallest absolute Gasteiger partial charge is 0.573 e. The van der Waals surface area contributed by atoms with E-state index in [-0.39, 0.29) is 67.7 Å². The van der Waals surface area contributed by atoms with Crippen LogP contribution in [0.25, 0.3) is 4.72 Å². The molecular formula is C12H9KN2O4S. The number of rotatable bonds is 4. The van der Waals surface area contributed by atoms with Gasteiger partial charge in [-0.3, -0.25) is 10.1 Å². The van der Waals surface area contributed by atoms with Crippen molar-refractivity contribution in [2.24, 2.45) is 0 Å². The third-order valence-electron chi connectivity index (χ3n) is 2.33. The number of non-ortho nitro benzene ring substituents is 1. The third-order valence-corrected chi connectivity index (χ3v) is 3.65. The number of benzene rings is 2. The molecule has 2 aromatic rings. The zero-order chi connectivity index (χ0) is 13.9. The summed E-state index contributed by atoms with van der Waals surface area (Å²) in [6.45, 7) is 0. The molecule has 0 spiro atoms. The molecule has 0 aliphatic carbocycles. The molecule has 0 aliphatic rings. The van der Waals surface area contributed by atoms with Crippen LogP contribution in [0, 0.1) is 10.1 Å². The van der Waals surface area contributed by atoms with E-state index < -0.39 is 14.9 Å². The minimum Gasteiger partial charge on any atom is -0.573 e. The van der Waals surface area contributed by atoms with E-state index in [0.29, 0.717) is 0 Å². The topological polar surface area (TPSA) is 91.4 Å². The van der Waals surface area contributed by atoms with Gasteiger partial charge in [0.25, 0.3) is 5.69 Å². The molecule has 0 radical (unpaired) electrons. The van der Waals surface area contributed by atoms with Gasteiger partial charge in [-0.2, -0.15) is 0 Å². The quantitative estimate of drug-likeness (QED) is 0.451. The molecule has 0 bridgehead atoms. The largest absolute Gasteiger partial charge is 1.00 e. The van der Waals surface area contributed by atoms with E-state index in [4.69, 9.17) is 0 Å². The average molecular weight is 316 g/mol. The fourth-order valence-corrected chi connectivity index (χ4v) is 2.42. The summed E-state index contributed by atoms with van der Waals surface area (Å²) in [6, 6.07) is 12.8. The Hall–Kier alpha value is -0.774. The van der Waals surface area contributed by atoms with Crippen molar-refractivity contribution in [2.45, 2.75) is 4.90 Å². The molecule has 0 N–H and O–H groups in total. The number of nitrogens with zero attached hydrogens (tertiary/aromatic N) is 2. The van der Waals surface area contributed by atoms with Gasteiger partial charge >= 0.3 is 51.4 Å². The summed E-state index contributed by atoms with van der Waals surface area (Å²) >= 11 is 0. The number of hydrogen-bond donors (Lipinski definition) is 0. The Morgan fingerprint density at radius 2 is 1.50 bits per heavy atom. The van der Waals surface area contributed by atoms with E-state index in [1.54, 1.807) is 18.2 Å². The Bertz CT molecular complexity index is 687. The van der Waals surface area contributed by atoms with Crippen LogP contribution in [0.1, 0.15) is 0 Å². The van der Waals surface area contributed by atoms with E-state index in [0.717, 1.165) is 0 Å². The molecule has 0 saturated heterocycles. The summed E-state index contributed by atoms with van der Waals surface area (Å²) in [6.07, 6.45) is 0. The van der Waals surface area contributed by atoms with Crippen molar-refractivity contribution in [3.63, 3.8) is 0 Å². The molecule has 2 rings (SSSR count). The first-order valence-corrected chi connectivity index (χ1v) is 6.70. The normalized spacial score (nSPS) is 10.4. The maximum Gasteiger partial charge on any atom is 1.00 e. The summed E-state index contributed by atoms with van der Waals surface area (Å²) in [4.78, 5) is 9.99. The van der Waals surface area contributed by atoms with Crippen LogP contribution in [0.5, 0.6) is 0 Å². The summed E-state index contributed by atoms with van der Waals surface area (Å²) < 4.78 is 27.5. The van der Waals surface area contributed by atoms with Gasteiger partial charge in [-0.25, -0.2) is 8.42 Å². The van der Waals surface area contributed by atoms with Crippen LogP contribution >= 0.6 is 0 Å². The Labute approximate surface area is 158 Å². The zero-order valence-electron chi connectivity index (χ0n) is 10.6. The van der Waals surface area contributed by atoms with Gasteiger partial charge in [-0.1, -0.05) is 30.3 Å². The van der Waals surface area contributed by atoms with Gasteiger partial charge in [-0.05, 0) is 12.1 Å². The van der Waals surface area contributed by atoms with Crippen molar-refractivity contribution in [1.29, 1.82) is 0 Å². The van der Waals surface area contributed by atoms with Gasteiger partial charge in [0.1, 0.15) is 10.0 Å². The number of nitro benzene ring substituents is 1. The first-order valence-electron chi connectivity index (χ1n) is 5.26. The van der Waals surface area contributed by atoms with Crippen molar-refractivity contribution < 1.29 is 64.7 Å². The van der Waals surface area contributed by atoms with E-state index >= 15 is 0 Å². The third kappa shape index (κ3) is 4.37. The minimum absolute atomic E-state index is 0. The molecule has 0 aromatic heterocycles. The van der Waals surface area contributed by atoms with Gasteiger partial charge in [-0.15, -0.1) is 5.69 Å².